The summed E-state index contributed by atoms with van der Waals surface area (Å²) in [5.41, 5.74) is 2.13. The van der Waals surface area contributed by atoms with Crippen molar-refractivity contribution in [1.29, 1.82) is 0 Å². The molecular weight excluding hydrogens is 230 g/mol. The molecule has 0 atom stereocenters. The molecule has 1 N–H and O–H groups in total. The monoisotopic (exact) mass is 251 g/mol. The number of carbonyl (C=O) groups is 1. The third kappa shape index (κ3) is 3.65. The first-order valence-electron chi connectivity index (χ1n) is 6.06. The minimum Gasteiger partial charge on any atom is -0.495 e. The summed E-state index contributed by atoms with van der Waals surface area (Å²) >= 11 is 0. The Labute approximate surface area is 108 Å². The van der Waals surface area contributed by atoms with Gasteiger partial charge in [-0.15, -0.1) is 0 Å². The van der Waals surface area contributed by atoms with Gasteiger partial charge < -0.3 is 14.7 Å². The quantitative estimate of drug-likeness (QED) is 0.844. The minimum atomic E-state index is -0.792. The van der Waals surface area contributed by atoms with Gasteiger partial charge in [0.1, 0.15) is 5.75 Å². The fourth-order valence-corrected chi connectivity index (χ4v) is 1.75. The molecule has 1 aromatic carbocycles. The van der Waals surface area contributed by atoms with Gasteiger partial charge in [-0.25, -0.2) is 0 Å². The summed E-state index contributed by atoms with van der Waals surface area (Å²) in [6.45, 7) is 4.72. The van der Waals surface area contributed by atoms with Crippen LogP contribution < -0.4 is 9.64 Å². The van der Waals surface area contributed by atoms with Gasteiger partial charge in [-0.2, -0.15) is 0 Å². The molecule has 100 valence electrons. The molecule has 0 bridgehead atoms. The Balaban J connectivity index is 2.90. The molecule has 0 aliphatic heterocycles. The van der Waals surface area contributed by atoms with Crippen LogP contribution in [-0.4, -0.2) is 31.8 Å². The molecule has 0 radical (unpaired) electrons. The first kappa shape index (κ1) is 14.4. The van der Waals surface area contributed by atoms with Crippen LogP contribution in [0.4, 0.5) is 5.69 Å². The lowest BCUT2D eigenvalue weighted by Gasteiger charge is -2.22. The van der Waals surface area contributed by atoms with Crippen molar-refractivity contribution in [3.05, 3.63) is 23.8 Å². The molecule has 1 rings (SSSR count). The molecule has 0 aliphatic rings. The molecule has 18 heavy (non-hydrogen) atoms. The summed E-state index contributed by atoms with van der Waals surface area (Å²) in [5, 5.41) is 8.69. The van der Waals surface area contributed by atoms with E-state index < -0.39 is 5.97 Å². The van der Waals surface area contributed by atoms with E-state index in [9.17, 15) is 4.79 Å². The Morgan fingerprint density at radius 1 is 1.44 bits per heavy atom. The Hall–Kier alpha value is -1.71. The van der Waals surface area contributed by atoms with Crippen LogP contribution in [0.15, 0.2) is 18.2 Å². The van der Waals surface area contributed by atoms with Gasteiger partial charge in [0.2, 0.25) is 0 Å². The normalized spacial score (nSPS) is 10.5. The van der Waals surface area contributed by atoms with E-state index in [1.807, 2.05) is 24.1 Å². The lowest BCUT2D eigenvalue weighted by atomic mass is 10.0. The van der Waals surface area contributed by atoms with Crippen molar-refractivity contribution in [2.24, 2.45) is 0 Å². The summed E-state index contributed by atoms with van der Waals surface area (Å²) in [6, 6.07) is 6.05. The van der Waals surface area contributed by atoms with Gasteiger partial charge in [0.05, 0.1) is 19.2 Å². The maximum atomic E-state index is 10.6. The Kier molecular flexibility index (Phi) is 5.01. The number of nitrogens with zero attached hydrogens (tertiary/aromatic N) is 1. The van der Waals surface area contributed by atoms with Crippen molar-refractivity contribution >= 4 is 11.7 Å². The largest absolute Gasteiger partial charge is 0.495 e. The smallest absolute Gasteiger partial charge is 0.305 e. The molecule has 0 amide bonds. The zero-order chi connectivity index (χ0) is 13.7. The molecule has 0 spiro atoms. The molecule has 0 heterocycles. The highest BCUT2D eigenvalue weighted by Gasteiger charge is 2.11. The van der Waals surface area contributed by atoms with Crippen molar-refractivity contribution in [3.63, 3.8) is 0 Å². The fraction of sp³-hybridized carbons (Fsp3) is 0.500. The van der Waals surface area contributed by atoms with Crippen molar-refractivity contribution in [2.45, 2.75) is 26.2 Å². The van der Waals surface area contributed by atoms with Crippen LogP contribution in [0.5, 0.6) is 5.75 Å². The second-order valence-electron chi connectivity index (χ2n) is 4.65. The highest BCUT2D eigenvalue weighted by molar-refractivity contribution is 5.68. The average molecular weight is 251 g/mol. The SMILES string of the molecule is COc1cc(C(C)C)ccc1N(C)CCC(=O)O. The van der Waals surface area contributed by atoms with Crippen LogP contribution in [0, 0.1) is 0 Å². The van der Waals surface area contributed by atoms with Crippen molar-refractivity contribution in [2.75, 3.05) is 25.6 Å². The molecule has 0 saturated heterocycles. The van der Waals surface area contributed by atoms with Crippen molar-refractivity contribution in [1.82, 2.24) is 0 Å². The third-order valence-corrected chi connectivity index (χ3v) is 2.94. The second-order valence-corrected chi connectivity index (χ2v) is 4.65. The number of rotatable bonds is 6. The average Bonchev–Trinajstić information content (AvgIpc) is 2.34. The maximum Gasteiger partial charge on any atom is 0.305 e. The van der Waals surface area contributed by atoms with E-state index in [4.69, 9.17) is 9.84 Å². The molecule has 4 nitrogen and oxygen atoms in total. The summed E-state index contributed by atoms with van der Waals surface area (Å²) < 4.78 is 5.38. The topological polar surface area (TPSA) is 49.8 Å². The first-order valence-corrected chi connectivity index (χ1v) is 6.06. The van der Waals surface area contributed by atoms with Gasteiger partial charge in [-0.3, -0.25) is 4.79 Å². The predicted molar refractivity (Wildman–Crippen MR) is 72.6 cm³/mol. The fourth-order valence-electron chi connectivity index (χ4n) is 1.75. The summed E-state index contributed by atoms with van der Waals surface area (Å²) in [7, 11) is 3.50. The molecule has 0 unspecified atom stereocenters. The van der Waals surface area contributed by atoms with Crippen molar-refractivity contribution < 1.29 is 14.6 Å². The number of carboxylic acid groups (broad SMARTS) is 1. The van der Waals surface area contributed by atoms with Crippen LogP contribution in [0.3, 0.4) is 0 Å². The number of ether oxygens (including phenoxy) is 1. The summed E-state index contributed by atoms with van der Waals surface area (Å²) in [6.07, 6.45) is 0.117. The number of hydrogen-bond acceptors (Lipinski definition) is 3. The molecule has 0 fully saturated rings. The second kappa shape index (κ2) is 6.28. The van der Waals surface area contributed by atoms with Crippen LogP contribution in [0.1, 0.15) is 31.7 Å². The number of methoxy groups -OCH3 is 1. The van der Waals surface area contributed by atoms with Gasteiger partial charge in [-0.05, 0) is 23.6 Å². The van der Waals surface area contributed by atoms with E-state index in [0.717, 1.165) is 11.4 Å². The standard InChI is InChI=1S/C14H21NO3/c1-10(2)11-5-6-12(13(9-11)18-4)15(3)8-7-14(16)17/h5-6,9-10H,7-8H2,1-4H3,(H,16,17). The van der Waals surface area contributed by atoms with E-state index in [1.54, 1.807) is 7.11 Å². The number of carboxylic acids is 1. The van der Waals surface area contributed by atoms with Crippen LogP contribution >= 0.6 is 0 Å². The zero-order valence-corrected chi connectivity index (χ0v) is 11.4. The van der Waals surface area contributed by atoms with E-state index in [1.165, 1.54) is 5.56 Å². The molecule has 0 aliphatic carbocycles. The Morgan fingerprint density at radius 3 is 2.61 bits per heavy atom. The number of anilines is 1. The minimum absolute atomic E-state index is 0.117. The van der Waals surface area contributed by atoms with E-state index >= 15 is 0 Å². The third-order valence-electron chi connectivity index (χ3n) is 2.94. The highest BCUT2D eigenvalue weighted by Crippen LogP contribution is 2.31. The molecule has 1 aromatic rings. The predicted octanol–water partition coefficient (Wildman–Crippen LogP) is 2.73. The van der Waals surface area contributed by atoms with Crippen LogP contribution in [0.2, 0.25) is 0 Å². The van der Waals surface area contributed by atoms with Crippen molar-refractivity contribution in [3.8, 4) is 5.75 Å². The maximum absolute atomic E-state index is 10.6. The molecule has 0 aromatic heterocycles. The van der Waals surface area contributed by atoms with E-state index in [0.29, 0.717) is 12.5 Å². The van der Waals surface area contributed by atoms with E-state index in [-0.39, 0.29) is 6.42 Å². The first-order chi connectivity index (χ1) is 8.45. The molecule has 0 saturated carbocycles. The molecule has 4 heteroatoms. The number of hydrogen-bond donors (Lipinski definition) is 1. The lowest BCUT2D eigenvalue weighted by molar-refractivity contribution is -0.136. The number of benzene rings is 1. The van der Waals surface area contributed by atoms with Gasteiger partial charge in [0.25, 0.3) is 0 Å². The lowest BCUT2D eigenvalue weighted by Crippen LogP contribution is -2.21. The van der Waals surface area contributed by atoms with Gasteiger partial charge >= 0.3 is 5.97 Å². The van der Waals surface area contributed by atoms with Crippen LogP contribution in [-0.2, 0) is 4.79 Å². The highest BCUT2D eigenvalue weighted by atomic mass is 16.5. The zero-order valence-electron chi connectivity index (χ0n) is 11.4. The van der Waals surface area contributed by atoms with E-state index in [2.05, 4.69) is 19.9 Å². The van der Waals surface area contributed by atoms with Gasteiger partial charge in [0, 0.05) is 13.6 Å². The Morgan fingerprint density at radius 2 is 2.11 bits per heavy atom. The molecular formula is C14H21NO3. The summed E-state index contributed by atoms with van der Waals surface area (Å²) in [5.74, 6) is 0.436. The van der Waals surface area contributed by atoms with Crippen LogP contribution in [0.25, 0.3) is 0 Å². The van der Waals surface area contributed by atoms with Gasteiger partial charge in [0.15, 0.2) is 0 Å². The summed E-state index contributed by atoms with van der Waals surface area (Å²) in [4.78, 5) is 12.5. The Bertz CT molecular complexity index is 416. The number of aliphatic carboxylic acids is 1. The van der Waals surface area contributed by atoms with Gasteiger partial charge in [-0.1, -0.05) is 19.9 Å².